The van der Waals surface area contributed by atoms with Crippen LogP contribution in [0, 0.1) is 0 Å². The zero-order chi connectivity index (χ0) is 37.4. The Morgan fingerprint density at radius 1 is 0.358 bits per heavy atom. The van der Waals surface area contributed by atoms with Crippen LogP contribution in [0.3, 0.4) is 0 Å². The summed E-state index contributed by atoms with van der Waals surface area (Å²) < 4.78 is 1.69. The van der Waals surface area contributed by atoms with Crippen molar-refractivity contribution in [1.29, 1.82) is 0 Å². The van der Waals surface area contributed by atoms with E-state index in [1.54, 1.807) is 4.70 Å². The van der Waals surface area contributed by atoms with Gasteiger partial charge < -0.3 is 8.38 Å². The number of nitrogens with zero attached hydrogens (tertiary/aromatic N) is 2. The summed E-state index contributed by atoms with van der Waals surface area (Å²) in [6.07, 6.45) is 34.4. The van der Waals surface area contributed by atoms with E-state index in [1.807, 2.05) is 0 Å². The second kappa shape index (κ2) is 28.6. The molecule has 2 nitrogen and oxygen atoms in total. The number of benzene rings is 2. The topological polar surface area (TPSA) is 25.3 Å². The van der Waals surface area contributed by atoms with Crippen LogP contribution in [0.4, 0.5) is 0 Å². The molecule has 0 aromatic heterocycles. The first-order valence-corrected chi connectivity index (χ1v) is 22.7. The smallest absolute Gasteiger partial charge is 0.211 e. The van der Waals surface area contributed by atoms with Crippen molar-refractivity contribution < 1.29 is 28.0 Å². The summed E-state index contributed by atoms with van der Waals surface area (Å²) in [7, 11) is 0. The number of rotatable bonds is 30. The number of hydrogen-bond donors (Lipinski definition) is 0. The third-order valence-electron chi connectivity index (χ3n) is 11.3. The molecule has 2 aromatic rings. The van der Waals surface area contributed by atoms with Gasteiger partial charge >= 0.3 is 0 Å². The summed E-state index contributed by atoms with van der Waals surface area (Å²) in [5, 5.41) is 0. The second-order valence-electron chi connectivity index (χ2n) is 16.2. The van der Waals surface area contributed by atoms with E-state index in [4.69, 9.17) is 0 Å². The number of aryl methyl sites for hydroxylation is 4. The predicted octanol–water partition coefficient (Wildman–Crippen LogP) is 16.7. The molecule has 3 rings (SSSR count). The third-order valence-corrected chi connectivity index (χ3v) is 11.3. The fourth-order valence-electron chi connectivity index (χ4n) is 8.27. The van der Waals surface area contributed by atoms with E-state index in [0.29, 0.717) is 0 Å². The predicted molar refractivity (Wildman–Crippen MR) is 232 cm³/mol. The molecule has 0 fully saturated rings. The summed E-state index contributed by atoms with van der Waals surface area (Å²) in [4.78, 5) is 0. The van der Waals surface area contributed by atoms with Gasteiger partial charge in [-0.15, -0.1) is 0 Å². The molecular formula is C50H82N2Pd-2. The van der Waals surface area contributed by atoms with E-state index in [2.05, 4.69) is 77.9 Å². The summed E-state index contributed by atoms with van der Waals surface area (Å²) in [5.74, 6) is 0. The Labute approximate surface area is 345 Å². The van der Waals surface area contributed by atoms with Crippen molar-refractivity contribution in [1.82, 2.24) is 0 Å². The van der Waals surface area contributed by atoms with Crippen molar-refractivity contribution in [2.75, 3.05) is 0 Å². The maximum absolute atomic E-state index is 12.7. The fourth-order valence-corrected chi connectivity index (χ4v) is 8.27. The molecule has 0 radical (unpaired) electrons. The van der Waals surface area contributed by atoms with Crippen LogP contribution in [0.2, 0.25) is 0 Å². The molecule has 304 valence electrons. The largest absolute Gasteiger partial charge is 1.00 e. The van der Waals surface area contributed by atoms with Crippen LogP contribution in [0.15, 0.2) is 47.5 Å². The van der Waals surface area contributed by atoms with Gasteiger partial charge in [-0.25, -0.2) is 4.70 Å². The van der Waals surface area contributed by atoms with Gasteiger partial charge in [-0.2, -0.15) is 0 Å². The molecule has 0 aliphatic carbocycles. The van der Waals surface area contributed by atoms with E-state index in [0.717, 1.165) is 62.8 Å². The molecule has 0 spiro atoms. The SMILES string of the molecule is CCCCCCC1=C(c2cc(CCCCCC)cc(CCCCCC)c2)[N+](=[N-])C(c2cc(CCCCCC)cc(CCCCCC)c2)=C1CCCC.[H-].[H-].[Pd]. The molecular weight excluding hydrogens is 735 g/mol. The molecule has 0 saturated carbocycles. The van der Waals surface area contributed by atoms with Gasteiger partial charge in [0.25, 0.3) is 0 Å². The second-order valence-corrected chi connectivity index (χ2v) is 16.2. The summed E-state index contributed by atoms with van der Waals surface area (Å²) in [6, 6.07) is 14.8. The number of unbranched alkanes of at least 4 members (excludes halogenated alkanes) is 16. The van der Waals surface area contributed by atoms with Crippen LogP contribution in [-0.4, -0.2) is 4.70 Å². The van der Waals surface area contributed by atoms with Gasteiger partial charge in [0.15, 0.2) is 0 Å². The first-order valence-electron chi connectivity index (χ1n) is 22.7. The molecule has 0 atom stereocenters. The van der Waals surface area contributed by atoms with Crippen LogP contribution < -0.4 is 0 Å². The van der Waals surface area contributed by atoms with Crippen molar-refractivity contribution in [2.24, 2.45) is 0 Å². The molecule has 1 aliphatic heterocycles. The van der Waals surface area contributed by atoms with Gasteiger partial charge in [0, 0.05) is 42.7 Å². The molecule has 0 bridgehead atoms. The maximum Gasteiger partial charge on any atom is 0.211 e. The van der Waals surface area contributed by atoms with E-state index in [-0.39, 0.29) is 23.3 Å². The minimum Gasteiger partial charge on any atom is -1.00 e. The van der Waals surface area contributed by atoms with E-state index in [1.165, 1.54) is 173 Å². The maximum atomic E-state index is 12.7. The Bertz CT molecular complexity index is 1330. The van der Waals surface area contributed by atoms with Gasteiger partial charge in [0.1, 0.15) is 0 Å². The Morgan fingerprint density at radius 3 is 0.906 bits per heavy atom. The van der Waals surface area contributed by atoms with Crippen LogP contribution in [0.5, 0.6) is 0 Å². The van der Waals surface area contributed by atoms with Crippen molar-refractivity contribution in [3.05, 3.63) is 86.5 Å². The van der Waals surface area contributed by atoms with Crippen molar-refractivity contribution in [3.63, 3.8) is 0 Å². The molecule has 0 unspecified atom stereocenters. The summed E-state index contributed by atoms with van der Waals surface area (Å²) in [6.45, 7) is 13.8. The average Bonchev–Trinajstić information content (AvgIpc) is 3.43. The summed E-state index contributed by atoms with van der Waals surface area (Å²) in [5.41, 5.74) is 26.0. The first kappa shape index (κ1) is 47.3. The minimum atomic E-state index is 0. The van der Waals surface area contributed by atoms with Gasteiger partial charge in [0.05, 0.1) is 0 Å². The molecule has 1 aliphatic rings. The zero-order valence-electron chi connectivity index (χ0n) is 37.5. The Morgan fingerprint density at radius 2 is 0.623 bits per heavy atom. The molecule has 1 heterocycles. The normalized spacial score (nSPS) is 13.1. The minimum absolute atomic E-state index is 0. The quantitative estimate of drug-likeness (QED) is 0.0426. The standard InChI is InChI=1S/C50H80N2.Pd.2H/c1-7-13-19-24-29-41-35-42(30-25-20-14-8-2)38-45(37-41)49-47(33-18-12-6)48(34-28-23-17-11-5)50(52(49)51)46-39-43(31-26-21-15-9-3)36-44(40-46)32-27-22-16-10-4;;;/h35-40H,7-34H2,1-6H3;;;/q;;2*-1. The van der Waals surface area contributed by atoms with E-state index in [9.17, 15) is 5.53 Å². The van der Waals surface area contributed by atoms with Crippen LogP contribution in [0.1, 0.15) is 232 Å². The molecule has 0 N–H and O–H groups in total. The summed E-state index contributed by atoms with van der Waals surface area (Å²) >= 11 is 0. The molecule has 0 amide bonds. The number of allylic oxidation sites excluding steroid dienone is 2. The Hall–Kier alpha value is -1.82. The van der Waals surface area contributed by atoms with Crippen LogP contribution >= 0.6 is 0 Å². The zero-order valence-corrected chi connectivity index (χ0v) is 37.0. The van der Waals surface area contributed by atoms with Crippen molar-refractivity contribution in [3.8, 4) is 0 Å². The molecule has 0 saturated heterocycles. The van der Waals surface area contributed by atoms with Crippen molar-refractivity contribution >= 4 is 11.4 Å². The first-order chi connectivity index (χ1) is 25.5. The molecule has 3 heteroatoms. The van der Waals surface area contributed by atoms with Gasteiger partial charge in [-0.3, -0.25) is 0 Å². The average molecular weight is 818 g/mol. The van der Waals surface area contributed by atoms with Gasteiger partial charge in [0.2, 0.25) is 11.4 Å². The van der Waals surface area contributed by atoms with E-state index < -0.39 is 0 Å². The van der Waals surface area contributed by atoms with Crippen LogP contribution in [0.25, 0.3) is 16.9 Å². The van der Waals surface area contributed by atoms with Gasteiger partial charge in [-0.05, 0) is 124 Å². The van der Waals surface area contributed by atoms with E-state index >= 15 is 0 Å². The molecule has 53 heavy (non-hydrogen) atoms. The van der Waals surface area contributed by atoms with Gasteiger partial charge in [-0.1, -0.05) is 156 Å². The Balaban J connectivity index is 0.00000972. The monoisotopic (exact) mass is 817 g/mol. The third kappa shape index (κ3) is 16.4. The van der Waals surface area contributed by atoms with Crippen LogP contribution in [-0.2, 0) is 46.1 Å². The van der Waals surface area contributed by atoms with Crippen molar-refractivity contribution in [2.45, 2.75) is 221 Å². The fraction of sp³-hybridized carbons (Fsp3) is 0.680. The number of hydrogen-bond acceptors (Lipinski definition) is 0. The molecule has 2 aromatic carbocycles. The Kier molecular flexibility index (Phi) is 25.5.